The van der Waals surface area contributed by atoms with Crippen LogP contribution in [0.4, 0.5) is 0 Å². The highest BCUT2D eigenvalue weighted by Gasteiger charge is 2.12. The van der Waals surface area contributed by atoms with Crippen molar-refractivity contribution in [2.75, 3.05) is 13.2 Å². The molecule has 1 aliphatic rings. The van der Waals surface area contributed by atoms with Gasteiger partial charge in [-0.15, -0.1) is 0 Å². The molecular weight excluding hydrogens is 238 g/mol. The molecule has 0 saturated carbocycles. The Bertz CT molecular complexity index is 392. The van der Waals surface area contributed by atoms with E-state index in [-0.39, 0.29) is 0 Å². The van der Waals surface area contributed by atoms with Crippen LogP contribution < -0.4 is 14.8 Å². The zero-order chi connectivity index (χ0) is 13.5. The molecule has 19 heavy (non-hydrogen) atoms. The average Bonchev–Trinajstić information content (AvgIpc) is 2.47. The van der Waals surface area contributed by atoms with Gasteiger partial charge >= 0.3 is 0 Å². The first-order valence-corrected chi connectivity index (χ1v) is 7.45. The number of unbranched alkanes of at least 4 members (excludes halogenated alkanes) is 1. The number of fused-ring (bicyclic) bond motifs is 1. The fourth-order valence-corrected chi connectivity index (χ4v) is 2.36. The number of benzene rings is 1. The zero-order valence-corrected chi connectivity index (χ0v) is 12.1. The minimum atomic E-state index is 0.619. The number of nitrogens with one attached hydrogen (secondary N) is 1. The number of hydrogen-bond donors (Lipinski definition) is 1. The summed E-state index contributed by atoms with van der Waals surface area (Å²) in [6, 6.07) is 6.84. The Morgan fingerprint density at radius 1 is 1.16 bits per heavy atom. The normalized spacial score (nSPS) is 15.3. The van der Waals surface area contributed by atoms with Gasteiger partial charge in [0.15, 0.2) is 11.5 Å². The molecule has 1 unspecified atom stereocenters. The summed E-state index contributed by atoms with van der Waals surface area (Å²) in [5, 5.41) is 3.63. The Labute approximate surface area is 116 Å². The van der Waals surface area contributed by atoms with Gasteiger partial charge in [-0.1, -0.05) is 32.8 Å². The molecule has 1 atom stereocenters. The van der Waals surface area contributed by atoms with Crippen LogP contribution >= 0.6 is 0 Å². The maximum absolute atomic E-state index is 5.61. The molecule has 0 aromatic heterocycles. The van der Waals surface area contributed by atoms with E-state index in [4.69, 9.17) is 9.47 Å². The lowest BCUT2D eigenvalue weighted by atomic mass is 10.1. The van der Waals surface area contributed by atoms with E-state index in [9.17, 15) is 0 Å². The molecule has 106 valence electrons. The highest BCUT2D eigenvalue weighted by atomic mass is 16.6. The Balaban J connectivity index is 1.88. The molecule has 1 aliphatic heterocycles. The summed E-state index contributed by atoms with van der Waals surface area (Å²) in [6.07, 6.45) is 5.01. The third kappa shape index (κ3) is 4.13. The first-order chi connectivity index (χ1) is 9.33. The van der Waals surface area contributed by atoms with Gasteiger partial charge in [0.1, 0.15) is 13.2 Å². The van der Waals surface area contributed by atoms with Crippen LogP contribution in [-0.2, 0) is 6.54 Å². The van der Waals surface area contributed by atoms with Gasteiger partial charge in [-0.3, -0.25) is 0 Å². The van der Waals surface area contributed by atoms with Crippen molar-refractivity contribution < 1.29 is 9.47 Å². The van der Waals surface area contributed by atoms with Crippen LogP contribution in [0.2, 0.25) is 0 Å². The van der Waals surface area contributed by atoms with E-state index in [0.29, 0.717) is 19.3 Å². The predicted octanol–water partition coefficient (Wildman–Crippen LogP) is 3.52. The lowest BCUT2D eigenvalue weighted by Crippen LogP contribution is -2.27. The second-order valence-electron chi connectivity index (χ2n) is 5.11. The second kappa shape index (κ2) is 7.39. The van der Waals surface area contributed by atoms with E-state index in [1.807, 2.05) is 6.07 Å². The molecule has 1 heterocycles. The Morgan fingerprint density at radius 2 is 1.95 bits per heavy atom. The molecule has 3 nitrogen and oxygen atoms in total. The SMILES string of the molecule is CCCCC(CC)NCc1ccc2c(c1)OCCO2. The molecular formula is C16H25NO2. The second-order valence-corrected chi connectivity index (χ2v) is 5.11. The number of ether oxygens (including phenoxy) is 2. The molecule has 0 saturated heterocycles. The van der Waals surface area contributed by atoms with Crippen molar-refractivity contribution in [1.29, 1.82) is 0 Å². The average molecular weight is 263 g/mol. The van der Waals surface area contributed by atoms with Gasteiger partial charge in [-0.2, -0.15) is 0 Å². The predicted molar refractivity (Wildman–Crippen MR) is 77.9 cm³/mol. The van der Waals surface area contributed by atoms with E-state index >= 15 is 0 Å². The van der Waals surface area contributed by atoms with Gasteiger partial charge in [-0.05, 0) is 30.5 Å². The van der Waals surface area contributed by atoms with E-state index in [1.54, 1.807) is 0 Å². The standard InChI is InChI=1S/C16H25NO2/c1-3-5-6-14(4-2)17-12-13-7-8-15-16(11-13)19-10-9-18-15/h7-8,11,14,17H,3-6,9-10,12H2,1-2H3. The summed E-state index contributed by atoms with van der Waals surface area (Å²) in [5.41, 5.74) is 1.26. The molecule has 3 heteroatoms. The summed E-state index contributed by atoms with van der Waals surface area (Å²) in [4.78, 5) is 0. The minimum Gasteiger partial charge on any atom is -0.486 e. The van der Waals surface area contributed by atoms with Crippen molar-refractivity contribution in [3.8, 4) is 11.5 Å². The third-order valence-electron chi connectivity index (χ3n) is 3.60. The van der Waals surface area contributed by atoms with E-state index in [0.717, 1.165) is 18.0 Å². The van der Waals surface area contributed by atoms with Crippen LogP contribution in [0.5, 0.6) is 11.5 Å². The van der Waals surface area contributed by atoms with Crippen molar-refractivity contribution in [2.45, 2.75) is 52.1 Å². The van der Waals surface area contributed by atoms with E-state index < -0.39 is 0 Å². The fraction of sp³-hybridized carbons (Fsp3) is 0.625. The van der Waals surface area contributed by atoms with E-state index in [1.165, 1.54) is 31.2 Å². The molecule has 1 aromatic rings. The van der Waals surface area contributed by atoms with Crippen molar-refractivity contribution in [3.63, 3.8) is 0 Å². The van der Waals surface area contributed by atoms with Crippen molar-refractivity contribution in [2.24, 2.45) is 0 Å². The minimum absolute atomic E-state index is 0.619. The quantitative estimate of drug-likeness (QED) is 0.816. The summed E-state index contributed by atoms with van der Waals surface area (Å²) in [5.74, 6) is 1.75. The highest BCUT2D eigenvalue weighted by Crippen LogP contribution is 2.30. The lowest BCUT2D eigenvalue weighted by molar-refractivity contribution is 0.171. The summed E-state index contributed by atoms with van der Waals surface area (Å²) < 4.78 is 11.1. The molecule has 0 fully saturated rings. The van der Waals surface area contributed by atoms with Crippen LogP contribution in [0.1, 0.15) is 45.1 Å². The van der Waals surface area contributed by atoms with Gasteiger partial charge in [0.2, 0.25) is 0 Å². The van der Waals surface area contributed by atoms with Crippen LogP contribution in [0.25, 0.3) is 0 Å². The Morgan fingerprint density at radius 3 is 2.68 bits per heavy atom. The maximum Gasteiger partial charge on any atom is 0.161 e. The summed E-state index contributed by atoms with van der Waals surface area (Å²) in [7, 11) is 0. The fourth-order valence-electron chi connectivity index (χ4n) is 2.36. The number of hydrogen-bond acceptors (Lipinski definition) is 3. The van der Waals surface area contributed by atoms with Gasteiger partial charge in [0, 0.05) is 12.6 Å². The zero-order valence-electron chi connectivity index (χ0n) is 12.1. The van der Waals surface area contributed by atoms with Crippen molar-refractivity contribution in [3.05, 3.63) is 23.8 Å². The molecule has 0 spiro atoms. The smallest absolute Gasteiger partial charge is 0.161 e. The van der Waals surface area contributed by atoms with Gasteiger partial charge in [0.05, 0.1) is 0 Å². The third-order valence-corrected chi connectivity index (χ3v) is 3.60. The Hall–Kier alpha value is -1.22. The monoisotopic (exact) mass is 263 g/mol. The summed E-state index contributed by atoms with van der Waals surface area (Å²) >= 11 is 0. The lowest BCUT2D eigenvalue weighted by Gasteiger charge is -2.20. The molecule has 0 bridgehead atoms. The van der Waals surface area contributed by atoms with Crippen LogP contribution in [0.15, 0.2) is 18.2 Å². The number of rotatable bonds is 7. The van der Waals surface area contributed by atoms with Crippen molar-refractivity contribution >= 4 is 0 Å². The molecule has 0 aliphatic carbocycles. The Kier molecular flexibility index (Phi) is 5.52. The molecule has 1 N–H and O–H groups in total. The summed E-state index contributed by atoms with van der Waals surface area (Å²) in [6.45, 7) is 6.70. The van der Waals surface area contributed by atoms with Crippen LogP contribution in [-0.4, -0.2) is 19.3 Å². The topological polar surface area (TPSA) is 30.5 Å². The van der Waals surface area contributed by atoms with Gasteiger partial charge in [0.25, 0.3) is 0 Å². The van der Waals surface area contributed by atoms with Gasteiger partial charge < -0.3 is 14.8 Å². The first-order valence-electron chi connectivity index (χ1n) is 7.45. The van der Waals surface area contributed by atoms with Crippen molar-refractivity contribution in [1.82, 2.24) is 5.32 Å². The van der Waals surface area contributed by atoms with Gasteiger partial charge in [-0.25, -0.2) is 0 Å². The molecule has 0 radical (unpaired) electrons. The van der Waals surface area contributed by atoms with Crippen LogP contribution in [0.3, 0.4) is 0 Å². The highest BCUT2D eigenvalue weighted by molar-refractivity contribution is 5.43. The first kappa shape index (κ1) is 14.2. The molecule has 1 aromatic carbocycles. The molecule has 0 amide bonds. The molecule has 2 rings (SSSR count). The van der Waals surface area contributed by atoms with E-state index in [2.05, 4.69) is 31.3 Å². The van der Waals surface area contributed by atoms with Crippen LogP contribution in [0, 0.1) is 0 Å². The maximum atomic E-state index is 5.61. The largest absolute Gasteiger partial charge is 0.486 e.